The van der Waals surface area contributed by atoms with E-state index >= 15 is 0 Å². The van der Waals surface area contributed by atoms with Crippen molar-refractivity contribution < 1.29 is 0 Å². The maximum atomic E-state index is 4.58. The maximum absolute atomic E-state index is 4.58. The van der Waals surface area contributed by atoms with E-state index < -0.39 is 0 Å². The monoisotopic (exact) mass is 286 g/mol. The average Bonchev–Trinajstić information content (AvgIpc) is 2.50. The van der Waals surface area contributed by atoms with Gasteiger partial charge in [0.1, 0.15) is 5.82 Å². The highest BCUT2D eigenvalue weighted by Gasteiger charge is 2.11. The molecule has 0 atom stereocenters. The number of anilines is 2. The molecule has 2 rings (SSSR count). The molecule has 0 bridgehead atoms. The van der Waals surface area contributed by atoms with Crippen molar-refractivity contribution in [2.75, 3.05) is 29.9 Å². The Morgan fingerprint density at radius 1 is 1.05 bits per heavy atom. The van der Waals surface area contributed by atoms with Crippen LogP contribution in [0.15, 0.2) is 24.4 Å². The maximum Gasteiger partial charge on any atom is 0.230 e. The number of rotatable bonds is 7. The lowest BCUT2D eigenvalue weighted by Crippen LogP contribution is -2.25. The first-order chi connectivity index (χ1) is 10.3. The summed E-state index contributed by atoms with van der Waals surface area (Å²) in [5.74, 6) is 2.08. The first-order valence-corrected chi connectivity index (χ1v) is 7.40. The van der Waals surface area contributed by atoms with E-state index in [0.717, 1.165) is 37.1 Å². The molecule has 2 aromatic heterocycles. The van der Waals surface area contributed by atoms with Gasteiger partial charge in [-0.15, -0.1) is 0 Å². The Bertz CT molecular complexity index is 553. The summed E-state index contributed by atoms with van der Waals surface area (Å²) in [4.78, 5) is 20.0. The zero-order valence-electron chi connectivity index (χ0n) is 12.9. The van der Waals surface area contributed by atoms with Gasteiger partial charge in [0.05, 0.1) is 6.42 Å². The fourth-order valence-electron chi connectivity index (χ4n) is 2.04. The number of hydrogen-bond acceptors (Lipinski definition) is 6. The fourth-order valence-corrected chi connectivity index (χ4v) is 2.04. The lowest BCUT2D eigenvalue weighted by molar-refractivity contribution is 0.791. The molecule has 2 aromatic rings. The van der Waals surface area contributed by atoms with Crippen LogP contribution in [-0.2, 0) is 6.42 Å². The molecule has 0 spiro atoms. The van der Waals surface area contributed by atoms with Gasteiger partial charge in [0.15, 0.2) is 0 Å². The van der Waals surface area contributed by atoms with Crippen molar-refractivity contribution in [2.24, 2.45) is 0 Å². The standard InChI is InChI=1S/C15H22N6/c1-4-16-14-18-13(11-12-9-7-8-10-17-12)19-15(20-14)21(5-2)6-3/h7-10H,4-6,11H2,1-3H3,(H,16,18,19,20). The molecule has 0 fully saturated rings. The van der Waals surface area contributed by atoms with Crippen LogP contribution in [0.1, 0.15) is 32.3 Å². The van der Waals surface area contributed by atoms with E-state index in [2.05, 4.69) is 44.0 Å². The molecule has 6 nitrogen and oxygen atoms in total. The van der Waals surface area contributed by atoms with Crippen LogP contribution in [0.5, 0.6) is 0 Å². The summed E-state index contributed by atoms with van der Waals surface area (Å²) < 4.78 is 0. The topological polar surface area (TPSA) is 66.8 Å². The number of pyridine rings is 1. The molecule has 21 heavy (non-hydrogen) atoms. The Morgan fingerprint density at radius 3 is 2.48 bits per heavy atom. The Labute approximate surface area is 125 Å². The SMILES string of the molecule is CCNc1nc(Cc2ccccn2)nc(N(CC)CC)n1. The highest BCUT2D eigenvalue weighted by atomic mass is 15.3. The van der Waals surface area contributed by atoms with E-state index in [1.165, 1.54) is 0 Å². The van der Waals surface area contributed by atoms with E-state index in [-0.39, 0.29) is 0 Å². The van der Waals surface area contributed by atoms with Crippen LogP contribution in [0.3, 0.4) is 0 Å². The van der Waals surface area contributed by atoms with Gasteiger partial charge in [0.25, 0.3) is 0 Å². The van der Waals surface area contributed by atoms with Crippen molar-refractivity contribution in [1.82, 2.24) is 19.9 Å². The molecule has 0 aliphatic rings. The highest BCUT2D eigenvalue weighted by Crippen LogP contribution is 2.12. The van der Waals surface area contributed by atoms with Gasteiger partial charge < -0.3 is 10.2 Å². The molecule has 0 radical (unpaired) electrons. The van der Waals surface area contributed by atoms with Crippen LogP contribution < -0.4 is 10.2 Å². The Morgan fingerprint density at radius 2 is 1.86 bits per heavy atom. The second-order valence-electron chi connectivity index (χ2n) is 4.58. The Balaban J connectivity index is 2.30. The van der Waals surface area contributed by atoms with Gasteiger partial charge in [0, 0.05) is 31.5 Å². The van der Waals surface area contributed by atoms with E-state index in [4.69, 9.17) is 0 Å². The van der Waals surface area contributed by atoms with Crippen LogP contribution in [0.2, 0.25) is 0 Å². The van der Waals surface area contributed by atoms with E-state index in [9.17, 15) is 0 Å². The summed E-state index contributed by atoms with van der Waals surface area (Å²) >= 11 is 0. The van der Waals surface area contributed by atoms with Crippen molar-refractivity contribution in [1.29, 1.82) is 0 Å². The summed E-state index contributed by atoms with van der Waals surface area (Å²) in [5.41, 5.74) is 0.955. The number of hydrogen-bond donors (Lipinski definition) is 1. The van der Waals surface area contributed by atoms with Crippen molar-refractivity contribution in [3.05, 3.63) is 35.9 Å². The van der Waals surface area contributed by atoms with Gasteiger partial charge in [-0.2, -0.15) is 15.0 Å². The molecule has 0 saturated carbocycles. The van der Waals surface area contributed by atoms with Crippen molar-refractivity contribution in [3.8, 4) is 0 Å². The first-order valence-electron chi connectivity index (χ1n) is 7.40. The minimum Gasteiger partial charge on any atom is -0.354 e. The minimum atomic E-state index is 0.607. The highest BCUT2D eigenvalue weighted by molar-refractivity contribution is 5.37. The van der Waals surface area contributed by atoms with Crippen molar-refractivity contribution in [3.63, 3.8) is 0 Å². The molecular formula is C15H22N6. The normalized spacial score (nSPS) is 10.4. The predicted molar refractivity (Wildman–Crippen MR) is 84.6 cm³/mol. The molecule has 0 aromatic carbocycles. The smallest absolute Gasteiger partial charge is 0.230 e. The quantitative estimate of drug-likeness (QED) is 0.841. The van der Waals surface area contributed by atoms with Gasteiger partial charge in [-0.25, -0.2) is 0 Å². The molecule has 112 valence electrons. The largest absolute Gasteiger partial charge is 0.354 e. The Hall–Kier alpha value is -2.24. The van der Waals surface area contributed by atoms with Gasteiger partial charge >= 0.3 is 0 Å². The zero-order chi connectivity index (χ0) is 15.1. The molecule has 0 unspecified atom stereocenters. The van der Waals surface area contributed by atoms with Gasteiger partial charge in [-0.05, 0) is 32.9 Å². The summed E-state index contributed by atoms with van der Waals surface area (Å²) in [7, 11) is 0. The van der Waals surface area contributed by atoms with Crippen LogP contribution in [0.4, 0.5) is 11.9 Å². The van der Waals surface area contributed by atoms with Crippen molar-refractivity contribution in [2.45, 2.75) is 27.2 Å². The fraction of sp³-hybridized carbons (Fsp3) is 0.467. The van der Waals surface area contributed by atoms with Gasteiger partial charge in [-0.1, -0.05) is 6.07 Å². The van der Waals surface area contributed by atoms with Crippen LogP contribution >= 0.6 is 0 Å². The van der Waals surface area contributed by atoms with E-state index in [0.29, 0.717) is 12.4 Å². The molecule has 1 N–H and O–H groups in total. The van der Waals surface area contributed by atoms with Gasteiger partial charge in [-0.3, -0.25) is 4.98 Å². The number of nitrogens with one attached hydrogen (secondary N) is 1. The summed E-state index contributed by atoms with van der Waals surface area (Å²) in [5, 5.41) is 3.17. The van der Waals surface area contributed by atoms with E-state index in [1.807, 2.05) is 25.1 Å². The predicted octanol–water partition coefficient (Wildman–Crippen LogP) is 2.14. The third-order valence-electron chi connectivity index (χ3n) is 3.12. The van der Waals surface area contributed by atoms with Crippen LogP contribution in [0, 0.1) is 0 Å². The summed E-state index contributed by atoms with van der Waals surface area (Å²) in [6.45, 7) is 8.74. The van der Waals surface area contributed by atoms with Gasteiger partial charge in [0.2, 0.25) is 11.9 Å². The molecule has 2 heterocycles. The molecule has 0 amide bonds. The molecular weight excluding hydrogens is 264 g/mol. The third-order valence-corrected chi connectivity index (χ3v) is 3.12. The number of nitrogens with zero attached hydrogens (tertiary/aromatic N) is 5. The third kappa shape index (κ3) is 4.11. The molecule has 0 aliphatic carbocycles. The van der Waals surface area contributed by atoms with E-state index in [1.54, 1.807) is 6.20 Å². The second-order valence-corrected chi connectivity index (χ2v) is 4.58. The molecule has 6 heteroatoms. The van der Waals surface area contributed by atoms with Crippen LogP contribution in [-0.4, -0.2) is 39.6 Å². The van der Waals surface area contributed by atoms with Crippen LogP contribution in [0.25, 0.3) is 0 Å². The summed E-state index contributed by atoms with van der Waals surface area (Å²) in [6, 6.07) is 5.86. The average molecular weight is 286 g/mol. The Kier molecular flexibility index (Phi) is 5.43. The lowest BCUT2D eigenvalue weighted by Gasteiger charge is -2.19. The van der Waals surface area contributed by atoms with Crippen molar-refractivity contribution >= 4 is 11.9 Å². The molecule has 0 saturated heterocycles. The minimum absolute atomic E-state index is 0.607. The first kappa shape index (κ1) is 15.2. The molecule has 0 aliphatic heterocycles. The zero-order valence-corrected chi connectivity index (χ0v) is 12.9. The second kappa shape index (κ2) is 7.52. The summed E-state index contributed by atoms with van der Waals surface area (Å²) in [6.07, 6.45) is 2.39. The number of aromatic nitrogens is 4. The lowest BCUT2D eigenvalue weighted by atomic mass is 10.2.